The first-order valence-corrected chi connectivity index (χ1v) is 6.63. The van der Waals surface area contributed by atoms with Crippen LogP contribution >= 0.6 is 11.8 Å². The number of aromatic nitrogens is 3. The van der Waals surface area contributed by atoms with Gasteiger partial charge in [0.1, 0.15) is 6.33 Å². The molecule has 1 amide bonds. The summed E-state index contributed by atoms with van der Waals surface area (Å²) in [5, 5.41) is 10.5. The summed E-state index contributed by atoms with van der Waals surface area (Å²) in [6, 6.07) is 7.65. The fourth-order valence-corrected chi connectivity index (χ4v) is 2.24. The minimum atomic E-state index is -0.313. The van der Waals surface area contributed by atoms with Crippen molar-refractivity contribution in [1.82, 2.24) is 14.9 Å². The number of thioether (sulfide) groups is 1. The van der Waals surface area contributed by atoms with E-state index in [2.05, 4.69) is 15.5 Å². The number of anilines is 1. The van der Waals surface area contributed by atoms with Gasteiger partial charge in [-0.1, -0.05) is 23.9 Å². The van der Waals surface area contributed by atoms with Gasteiger partial charge in [-0.3, -0.25) is 4.79 Å². The molecule has 0 fully saturated rings. The zero-order valence-electron chi connectivity index (χ0n) is 10.7. The van der Waals surface area contributed by atoms with Crippen molar-refractivity contribution in [2.75, 3.05) is 11.2 Å². The lowest BCUT2D eigenvalue weighted by Gasteiger charge is -2.11. The van der Waals surface area contributed by atoms with Crippen LogP contribution in [0, 0.1) is 6.92 Å². The Kier molecular flexibility index (Phi) is 4.06. The summed E-state index contributed by atoms with van der Waals surface area (Å²) >= 11 is 1.26. The van der Waals surface area contributed by atoms with Crippen molar-refractivity contribution in [3.63, 3.8) is 0 Å². The van der Waals surface area contributed by atoms with Gasteiger partial charge >= 0.3 is 0 Å². The zero-order chi connectivity index (χ0) is 13.8. The molecule has 1 aromatic carbocycles. The van der Waals surface area contributed by atoms with Crippen LogP contribution in [0.25, 0.3) is 0 Å². The van der Waals surface area contributed by atoms with E-state index in [9.17, 15) is 4.79 Å². The third-order valence-corrected chi connectivity index (χ3v) is 3.55. The molecule has 0 radical (unpaired) electrons. The number of carbonyl (C=O) groups is 1. The quantitative estimate of drug-likeness (QED) is 0.652. The SMILES string of the molecule is Cc1cccc(NC(=O)[C@@H](C)Sc2nncn2N)c1. The van der Waals surface area contributed by atoms with Crippen LogP contribution in [-0.4, -0.2) is 26.0 Å². The number of rotatable bonds is 4. The van der Waals surface area contributed by atoms with Gasteiger partial charge in [0, 0.05) is 5.69 Å². The van der Waals surface area contributed by atoms with Crippen molar-refractivity contribution in [3.8, 4) is 0 Å². The molecule has 6 nitrogen and oxygen atoms in total. The lowest BCUT2D eigenvalue weighted by molar-refractivity contribution is -0.115. The molecule has 0 saturated carbocycles. The second kappa shape index (κ2) is 5.75. The number of nitrogens with zero attached hydrogens (tertiary/aromatic N) is 3. The van der Waals surface area contributed by atoms with Crippen molar-refractivity contribution in [3.05, 3.63) is 36.2 Å². The van der Waals surface area contributed by atoms with Crippen LogP contribution in [0.2, 0.25) is 0 Å². The van der Waals surface area contributed by atoms with E-state index in [0.29, 0.717) is 5.16 Å². The summed E-state index contributed by atoms with van der Waals surface area (Å²) in [6.45, 7) is 3.77. The summed E-state index contributed by atoms with van der Waals surface area (Å²) < 4.78 is 1.29. The van der Waals surface area contributed by atoms with Crippen LogP contribution < -0.4 is 11.2 Å². The van der Waals surface area contributed by atoms with Gasteiger partial charge in [0.25, 0.3) is 0 Å². The first kappa shape index (κ1) is 13.4. The molecular formula is C12H15N5OS. The molecule has 1 heterocycles. The number of carbonyl (C=O) groups excluding carboxylic acids is 1. The van der Waals surface area contributed by atoms with Crippen molar-refractivity contribution in [2.24, 2.45) is 0 Å². The molecule has 0 bridgehead atoms. The van der Waals surface area contributed by atoms with Gasteiger partial charge in [-0.2, -0.15) is 0 Å². The highest BCUT2D eigenvalue weighted by molar-refractivity contribution is 8.00. The van der Waals surface area contributed by atoms with E-state index in [4.69, 9.17) is 5.84 Å². The van der Waals surface area contributed by atoms with Gasteiger partial charge in [0.2, 0.25) is 11.1 Å². The maximum atomic E-state index is 12.0. The Balaban J connectivity index is 1.98. The second-order valence-corrected chi connectivity index (χ2v) is 5.45. The molecule has 2 aromatic rings. The van der Waals surface area contributed by atoms with E-state index in [1.54, 1.807) is 6.92 Å². The maximum absolute atomic E-state index is 12.0. The number of aryl methyl sites for hydroxylation is 1. The molecule has 7 heteroatoms. The van der Waals surface area contributed by atoms with E-state index in [1.165, 1.54) is 22.8 Å². The minimum Gasteiger partial charge on any atom is -0.336 e. The number of benzene rings is 1. The Bertz CT molecular complexity index is 583. The van der Waals surface area contributed by atoms with E-state index in [-0.39, 0.29) is 11.2 Å². The lowest BCUT2D eigenvalue weighted by Crippen LogP contribution is -2.23. The average molecular weight is 277 g/mol. The molecular weight excluding hydrogens is 262 g/mol. The molecule has 0 aliphatic rings. The molecule has 0 spiro atoms. The van der Waals surface area contributed by atoms with Crippen LogP contribution in [0.5, 0.6) is 0 Å². The highest BCUT2D eigenvalue weighted by Crippen LogP contribution is 2.21. The van der Waals surface area contributed by atoms with Gasteiger partial charge in [0.15, 0.2) is 0 Å². The Morgan fingerprint density at radius 2 is 2.32 bits per heavy atom. The standard InChI is InChI=1S/C12H15N5OS/c1-8-4-3-5-10(6-8)15-11(18)9(2)19-12-16-14-7-17(12)13/h3-7,9H,13H2,1-2H3,(H,15,18)/t9-/m1/s1. The van der Waals surface area contributed by atoms with Gasteiger partial charge in [0.05, 0.1) is 5.25 Å². The van der Waals surface area contributed by atoms with Crippen LogP contribution in [-0.2, 0) is 4.79 Å². The smallest absolute Gasteiger partial charge is 0.237 e. The van der Waals surface area contributed by atoms with Crippen LogP contribution in [0.4, 0.5) is 5.69 Å². The van der Waals surface area contributed by atoms with Crippen LogP contribution in [0.1, 0.15) is 12.5 Å². The highest BCUT2D eigenvalue weighted by Gasteiger charge is 2.17. The largest absolute Gasteiger partial charge is 0.336 e. The summed E-state index contributed by atoms with van der Waals surface area (Å²) in [6.07, 6.45) is 1.40. The zero-order valence-corrected chi connectivity index (χ0v) is 11.5. The summed E-state index contributed by atoms with van der Waals surface area (Å²) in [5.41, 5.74) is 1.88. The summed E-state index contributed by atoms with van der Waals surface area (Å²) in [5.74, 6) is 5.50. The average Bonchev–Trinajstić information content (AvgIpc) is 2.75. The number of nitrogens with two attached hydrogens (primary N) is 1. The molecule has 0 aliphatic heterocycles. The predicted molar refractivity (Wildman–Crippen MR) is 75.3 cm³/mol. The van der Waals surface area contributed by atoms with E-state index in [1.807, 2.05) is 31.2 Å². The number of hydrogen-bond acceptors (Lipinski definition) is 5. The van der Waals surface area contributed by atoms with Crippen molar-refractivity contribution in [1.29, 1.82) is 0 Å². The topological polar surface area (TPSA) is 85.8 Å². The van der Waals surface area contributed by atoms with Gasteiger partial charge in [-0.05, 0) is 31.5 Å². The van der Waals surface area contributed by atoms with E-state index < -0.39 is 0 Å². The Morgan fingerprint density at radius 1 is 1.53 bits per heavy atom. The minimum absolute atomic E-state index is 0.0985. The highest BCUT2D eigenvalue weighted by atomic mass is 32.2. The molecule has 100 valence electrons. The Morgan fingerprint density at radius 3 is 2.95 bits per heavy atom. The monoisotopic (exact) mass is 277 g/mol. The molecule has 1 atom stereocenters. The van der Waals surface area contributed by atoms with Crippen molar-refractivity contribution < 1.29 is 4.79 Å². The van der Waals surface area contributed by atoms with E-state index >= 15 is 0 Å². The first-order chi connectivity index (χ1) is 9.06. The molecule has 0 unspecified atom stereocenters. The summed E-state index contributed by atoms with van der Waals surface area (Å²) in [7, 11) is 0. The van der Waals surface area contributed by atoms with E-state index in [0.717, 1.165) is 11.3 Å². The number of amides is 1. The molecule has 19 heavy (non-hydrogen) atoms. The number of hydrogen-bond donors (Lipinski definition) is 2. The lowest BCUT2D eigenvalue weighted by atomic mass is 10.2. The fraction of sp³-hybridized carbons (Fsp3) is 0.250. The normalized spacial score (nSPS) is 12.1. The molecule has 3 N–H and O–H groups in total. The first-order valence-electron chi connectivity index (χ1n) is 5.75. The third kappa shape index (κ3) is 3.47. The maximum Gasteiger partial charge on any atom is 0.237 e. The molecule has 0 saturated heterocycles. The van der Waals surface area contributed by atoms with Crippen LogP contribution in [0.3, 0.4) is 0 Å². The van der Waals surface area contributed by atoms with Gasteiger partial charge in [-0.15, -0.1) is 10.2 Å². The predicted octanol–water partition coefficient (Wildman–Crippen LogP) is 1.42. The Labute approximate surface area is 115 Å². The third-order valence-electron chi connectivity index (χ3n) is 2.48. The second-order valence-electron chi connectivity index (χ2n) is 4.14. The van der Waals surface area contributed by atoms with Crippen molar-refractivity contribution in [2.45, 2.75) is 24.3 Å². The number of nitrogen functional groups attached to an aromatic ring is 1. The molecule has 0 aliphatic carbocycles. The van der Waals surface area contributed by atoms with Crippen molar-refractivity contribution >= 4 is 23.4 Å². The number of nitrogens with one attached hydrogen (secondary N) is 1. The summed E-state index contributed by atoms with van der Waals surface area (Å²) in [4.78, 5) is 12.0. The van der Waals surface area contributed by atoms with Crippen LogP contribution in [0.15, 0.2) is 35.7 Å². The fourth-order valence-electron chi connectivity index (χ4n) is 1.49. The van der Waals surface area contributed by atoms with Gasteiger partial charge in [-0.25, -0.2) is 4.68 Å². The van der Waals surface area contributed by atoms with Gasteiger partial charge < -0.3 is 11.2 Å². The molecule has 2 rings (SSSR count). The Hall–Kier alpha value is -2.02. The molecule has 1 aromatic heterocycles.